The van der Waals surface area contributed by atoms with E-state index in [2.05, 4.69) is 10.6 Å². The summed E-state index contributed by atoms with van der Waals surface area (Å²) in [4.78, 5) is 15.4. The molecule has 0 bridgehead atoms. The Morgan fingerprint density at radius 3 is 2.37 bits per heavy atom. The first-order valence-electron chi connectivity index (χ1n) is 9.27. The number of hydrogen-bond donors (Lipinski definition) is 0. The van der Waals surface area contributed by atoms with E-state index < -0.39 is 10.0 Å². The molecule has 1 aromatic carbocycles. The fraction of sp³-hybridized carbons (Fsp3) is 0.450. The molecule has 1 aliphatic rings. The summed E-state index contributed by atoms with van der Waals surface area (Å²) >= 11 is 0. The van der Waals surface area contributed by atoms with Gasteiger partial charge in [0.25, 0.3) is 5.91 Å². The van der Waals surface area contributed by atoms with E-state index >= 15 is 0 Å². The largest absolute Gasteiger partial charge is 0.353 e. The Morgan fingerprint density at radius 2 is 1.78 bits per heavy atom. The van der Waals surface area contributed by atoms with Crippen molar-refractivity contribution in [2.24, 2.45) is 7.05 Å². The number of rotatable bonds is 4. The third-order valence-electron chi connectivity index (χ3n) is 5.22. The molecule has 6 nitrogen and oxygen atoms in total. The van der Waals surface area contributed by atoms with Crippen LogP contribution in [0.3, 0.4) is 0 Å². The van der Waals surface area contributed by atoms with Gasteiger partial charge in [0, 0.05) is 45.1 Å². The Kier molecular flexibility index (Phi) is 5.72. The van der Waals surface area contributed by atoms with Gasteiger partial charge in [-0.05, 0) is 49.2 Å². The standard InChI is InChI=1S/C20H27N3O3S/c1-21(2)27(25,26)17-12-10-16(11-13-17)20(24)23-15-6-4-5-8-19(23)18-9-7-14-22(18)3/h7,9-14,19H,4-6,8,15H2,1-3H3/t19-/m1/s1. The van der Waals surface area contributed by atoms with E-state index in [0.717, 1.165) is 31.4 Å². The molecule has 7 heteroatoms. The lowest BCUT2D eigenvalue weighted by atomic mass is 10.1. The molecule has 0 aliphatic carbocycles. The molecule has 0 radical (unpaired) electrons. The summed E-state index contributed by atoms with van der Waals surface area (Å²) in [6, 6.07) is 10.4. The second-order valence-electron chi connectivity index (χ2n) is 7.22. The highest BCUT2D eigenvalue weighted by Gasteiger charge is 2.29. The zero-order valence-corrected chi connectivity index (χ0v) is 16.9. The fourth-order valence-electron chi connectivity index (χ4n) is 3.63. The lowest BCUT2D eigenvalue weighted by molar-refractivity contribution is 0.0674. The van der Waals surface area contributed by atoms with Gasteiger partial charge in [-0.15, -0.1) is 0 Å². The molecule has 1 saturated heterocycles. The monoisotopic (exact) mass is 389 g/mol. The minimum Gasteiger partial charge on any atom is -0.353 e. The lowest BCUT2D eigenvalue weighted by Gasteiger charge is -2.31. The van der Waals surface area contributed by atoms with Crippen molar-refractivity contribution in [2.75, 3.05) is 20.6 Å². The molecule has 2 heterocycles. The van der Waals surface area contributed by atoms with Crippen LogP contribution < -0.4 is 0 Å². The first-order chi connectivity index (χ1) is 12.8. The van der Waals surface area contributed by atoms with Gasteiger partial charge in [0.2, 0.25) is 10.0 Å². The van der Waals surface area contributed by atoms with Crippen LogP contribution in [0.25, 0.3) is 0 Å². The van der Waals surface area contributed by atoms with Crippen molar-refractivity contribution in [3.8, 4) is 0 Å². The third-order valence-corrected chi connectivity index (χ3v) is 7.05. The zero-order chi connectivity index (χ0) is 19.6. The predicted molar refractivity (Wildman–Crippen MR) is 105 cm³/mol. The molecule has 27 heavy (non-hydrogen) atoms. The lowest BCUT2D eigenvalue weighted by Crippen LogP contribution is -2.35. The number of benzene rings is 1. The zero-order valence-electron chi connectivity index (χ0n) is 16.1. The van der Waals surface area contributed by atoms with Crippen LogP contribution in [0.2, 0.25) is 0 Å². The van der Waals surface area contributed by atoms with Gasteiger partial charge in [0.15, 0.2) is 0 Å². The molecule has 0 N–H and O–H groups in total. The molecule has 0 saturated carbocycles. The van der Waals surface area contributed by atoms with Gasteiger partial charge in [-0.25, -0.2) is 12.7 Å². The van der Waals surface area contributed by atoms with Crippen LogP contribution in [0, 0.1) is 0 Å². The average molecular weight is 390 g/mol. The van der Waals surface area contributed by atoms with E-state index in [1.54, 1.807) is 12.1 Å². The molecular formula is C20H27N3O3S. The normalized spacial score (nSPS) is 18.5. The first-order valence-corrected chi connectivity index (χ1v) is 10.7. The summed E-state index contributed by atoms with van der Waals surface area (Å²) in [5.41, 5.74) is 1.66. The van der Waals surface area contributed by atoms with Crippen molar-refractivity contribution >= 4 is 15.9 Å². The number of carbonyl (C=O) groups is 1. The second kappa shape index (κ2) is 7.86. The maximum Gasteiger partial charge on any atom is 0.254 e. The highest BCUT2D eigenvalue weighted by molar-refractivity contribution is 7.89. The van der Waals surface area contributed by atoms with Crippen molar-refractivity contribution in [3.05, 3.63) is 53.9 Å². The van der Waals surface area contributed by atoms with Crippen molar-refractivity contribution in [1.82, 2.24) is 13.8 Å². The number of aromatic nitrogens is 1. The SMILES string of the molecule is CN(C)S(=O)(=O)c1ccc(C(=O)N2CCCCC[C@@H]2c2cccn2C)cc1. The molecule has 146 valence electrons. The molecule has 1 amide bonds. The molecular weight excluding hydrogens is 362 g/mol. The van der Waals surface area contributed by atoms with Crippen LogP contribution in [0.1, 0.15) is 47.8 Å². The van der Waals surface area contributed by atoms with Gasteiger partial charge in [-0.1, -0.05) is 12.8 Å². The molecule has 1 aliphatic heterocycles. The molecule has 2 aromatic rings. The number of nitrogens with zero attached hydrogens (tertiary/aromatic N) is 3. The second-order valence-corrected chi connectivity index (χ2v) is 9.37. The minimum absolute atomic E-state index is 0.0445. The first kappa shape index (κ1) is 19.6. The van der Waals surface area contributed by atoms with E-state index in [1.165, 1.54) is 30.5 Å². The fourth-order valence-corrected chi connectivity index (χ4v) is 4.53. The maximum absolute atomic E-state index is 13.2. The van der Waals surface area contributed by atoms with Crippen LogP contribution >= 0.6 is 0 Å². The number of sulfonamides is 1. The van der Waals surface area contributed by atoms with E-state index in [-0.39, 0.29) is 16.8 Å². The van der Waals surface area contributed by atoms with Gasteiger partial charge in [0.1, 0.15) is 0 Å². The Balaban J connectivity index is 1.89. The van der Waals surface area contributed by atoms with Gasteiger partial charge in [0.05, 0.1) is 10.9 Å². The number of hydrogen-bond acceptors (Lipinski definition) is 3. The minimum atomic E-state index is -3.50. The third kappa shape index (κ3) is 3.94. The van der Waals surface area contributed by atoms with Gasteiger partial charge in [-0.2, -0.15) is 0 Å². The van der Waals surface area contributed by atoms with E-state index in [1.807, 2.05) is 24.2 Å². The predicted octanol–water partition coefficient (Wildman–Crippen LogP) is 3.03. The van der Waals surface area contributed by atoms with Crippen molar-refractivity contribution < 1.29 is 13.2 Å². The summed E-state index contributed by atoms with van der Waals surface area (Å²) in [5, 5.41) is 0. The maximum atomic E-state index is 13.2. The van der Waals surface area contributed by atoms with E-state index in [0.29, 0.717) is 12.1 Å². The smallest absolute Gasteiger partial charge is 0.254 e. The van der Waals surface area contributed by atoms with Gasteiger partial charge < -0.3 is 9.47 Å². The van der Waals surface area contributed by atoms with Gasteiger partial charge in [-0.3, -0.25) is 4.79 Å². The van der Waals surface area contributed by atoms with Crippen molar-refractivity contribution in [2.45, 2.75) is 36.6 Å². The van der Waals surface area contributed by atoms with Gasteiger partial charge >= 0.3 is 0 Å². The van der Waals surface area contributed by atoms with E-state index in [4.69, 9.17) is 0 Å². The molecule has 1 fully saturated rings. The molecule has 0 unspecified atom stereocenters. The Hall–Kier alpha value is -2.12. The molecule has 1 aromatic heterocycles. The number of amides is 1. The Morgan fingerprint density at radius 1 is 1.07 bits per heavy atom. The summed E-state index contributed by atoms with van der Waals surface area (Å²) in [7, 11) is 1.50. The quantitative estimate of drug-likeness (QED) is 0.807. The number of aryl methyl sites for hydroxylation is 1. The topological polar surface area (TPSA) is 62.6 Å². The Bertz CT molecular complexity index is 901. The summed E-state index contributed by atoms with van der Waals surface area (Å²) in [6.07, 6.45) is 6.14. The summed E-state index contributed by atoms with van der Waals surface area (Å²) < 4.78 is 27.7. The summed E-state index contributed by atoms with van der Waals surface area (Å²) in [5.74, 6) is -0.0445. The van der Waals surface area contributed by atoms with Crippen LogP contribution in [0.4, 0.5) is 0 Å². The van der Waals surface area contributed by atoms with Crippen LogP contribution in [0.5, 0.6) is 0 Å². The number of likely N-dealkylation sites (tertiary alicyclic amines) is 1. The van der Waals surface area contributed by atoms with Crippen LogP contribution in [0.15, 0.2) is 47.5 Å². The highest BCUT2D eigenvalue weighted by Crippen LogP contribution is 2.31. The molecule has 0 spiro atoms. The van der Waals surface area contributed by atoms with Crippen LogP contribution in [-0.2, 0) is 17.1 Å². The average Bonchev–Trinajstić information content (AvgIpc) is 2.92. The molecule has 3 rings (SSSR count). The van der Waals surface area contributed by atoms with Crippen molar-refractivity contribution in [1.29, 1.82) is 0 Å². The molecule has 1 atom stereocenters. The van der Waals surface area contributed by atoms with E-state index in [9.17, 15) is 13.2 Å². The van der Waals surface area contributed by atoms with Crippen molar-refractivity contribution in [3.63, 3.8) is 0 Å². The van der Waals surface area contributed by atoms with Crippen LogP contribution in [-0.4, -0.2) is 48.7 Å². The highest BCUT2D eigenvalue weighted by atomic mass is 32.2. The number of carbonyl (C=O) groups excluding carboxylic acids is 1. The Labute approximate surface area is 161 Å². The summed E-state index contributed by atoms with van der Waals surface area (Å²) in [6.45, 7) is 0.715.